The van der Waals surface area contributed by atoms with E-state index in [4.69, 9.17) is 4.74 Å². The smallest absolute Gasteiger partial charge is 0.309 e. The van der Waals surface area contributed by atoms with Crippen molar-refractivity contribution in [1.82, 2.24) is 0 Å². The summed E-state index contributed by atoms with van der Waals surface area (Å²) in [5, 5.41) is 0. The minimum atomic E-state index is -0.0993. The van der Waals surface area contributed by atoms with E-state index in [2.05, 4.69) is 38.1 Å². The van der Waals surface area contributed by atoms with Crippen molar-refractivity contribution >= 4 is 12.0 Å². The lowest BCUT2D eigenvalue weighted by Gasteiger charge is -1.99. The number of rotatable bonds is 3. The third-order valence-electron chi connectivity index (χ3n) is 3.66. The van der Waals surface area contributed by atoms with Crippen LogP contribution >= 0.6 is 0 Å². The molecular weight excluding hydrogens is 212 g/mol. The molecule has 1 aliphatic rings. The van der Waals surface area contributed by atoms with Crippen molar-refractivity contribution in [2.75, 3.05) is 7.11 Å². The Bertz CT molecular complexity index is 431. The second-order valence-electron chi connectivity index (χ2n) is 5.12. The van der Waals surface area contributed by atoms with Crippen molar-refractivity contribution < 1.29 is 9.53 Å². The zero-order valence-electron chi connectivity index (χ0n) is 10.5. The molecule has 1 saturated carbocycles. The molecule has 1 aromatic rings. The van der Waals surface area contributed by atoms with Crippen molar-refractivity contribution in [1.29, 1.82) is 0 Å². The van der Waals surface area contributed by atoms with E-state index >= 15 is 0 Å². The molecule has 17 heavy (non-hydrogen) atoms. The molecule has 1 fully saturated rings. The minimum absolute atomic E-state index is 0.00691. The zero-order chi connectivity index (χ0) is 12.5. The lowest BCUT2D eigenvalue weighted by atomic mass is 10.1. The molecular formula is C15H18O2. The van der Waals surface area contributed by atoms with Gasteiger partial charge < -0.3 is 4.74 Å². The van der Waals surface area contributed by atoms with Crippen LogP contribution in [0, 0.1) is 17.3 Å². The molecule has 0 bridgehead atoms. The topological polar surface area (TPSA) is 26.3 Å². The second kappa shape index (κ2) is 4.36. The summed E-state index contributed by atoms with van der Waals surface area (Å²) in [7, 11) is 1.45. The van der Waals surface area contributed by atoms with E-state index in [1.54, 1.807) is 0 Å². The third kappa shape index (κ3) is 2.26. The van der Waals surface area contributed by atoms with Crippen molar-refractivity contribution in [3.05, 3.63) is 42.0 Å². The maximum absolute atomic E-state index is 11.6. The number of hydrogen-bond acceptors (Lipinski definition) is 2. The van der Waals surface area contributed by atoms with Gasteiger partial charge in [0, 0.05) is 0 Å². The van der Waals surface area contributed by atoms with Gasteiger partial charge in [-0.3, -0.25) is 4.79 Å². The van der Waals surface area contributed by atoms with Crippen LogP contribution < -0.4 is 0 Å². The Morgan fingerprint density at radius 1 is 1.29 bits per heavy atom. The van der Waals surface area contributed by atoms with Gasteiger partial charge in [-0.15, -0.1) is 0 Å². The van der Waals surface area contributed by atoms with Crippen LogP contribution in [0.4, 0.5) is 0 Å². The molecule has 0 heterocycles. The summed E-state index contributed by atoms with van der Waals surface area (Å²) in [5.41, 5.74) is 1.19. The van der Waals surface area contributed by atoms with Crippen LogP contribution in [-0.2, 0) is 9.53 Å². The molecule has 0 spiro atoms. The fourth-order valence-corrected chi connectivity index (χ4v) is 2.39. The van der Waals surface area contributed by atoms with Crippen LogP contribution in [0.3, 0.4) is 0 Å². The average molecular weight is 230 g/mol. The van der Waals surface area contributed by atoms with Crippen molar-refractivity contribution in [3.63, 3.8) is 0 Å². The van der Waals surface area contributed by atoms with Gasteiger partial charge in [-0.05, 0) is 16.9 Å². The van der Waals surface area contributed by atoms with Gasteiger partial charge in [-0.25, -0.2) is 0 Å². The summed E-state index contributed by atoms with van der Waals surface area (Å²) < 4.78 is 4.82. The lowest BCUT2D eigenvalue weighted by molar-refractivity contribution is -0.143. The number of esters is 1. The molecule has 0 saturated heterocycles. The highest BCUT2D eigenvalue weighted by Crippen LogP contribution is 2.59. The van der Waals surface area contributed by atoms with Gasteiger partial charge in [0.25, 0.3) is 0 Å². The molecule has 0 aromatic heterocycles. The highest BCUT2D eigenvalue weighted by Gasteiger charge is 2.61. The van der Waals surface area contributed by atoms with E-state index in [9.17, 15) is 4.79 Å². The number of hydrogen-bond donors (Lipinski definition) is 0. The maximum atomic E-state index is 11.6. The lowest BCUT2D eigenvalue weighted by Crippen LogP contribution is -2.07. The Morgan fingerprint density at radius 3 is 2.53 bits per heavy atom. The van der Waals surface area contributed by atoms with Gasteiger partial charge in [0.15, 0.2) is 0 Å². The van der Waals surface area contributed by atoms with Gasteiger partial charge in [0.2, 0.25) is 0 Å². The van der Waals surface area contributed by atoms with Gasteiger partial charge in [0.05, 0.1) is 13.0 Å². The molecule has 0 N–H and O–H groups in total. The zero-order valence-corrected chi connectivity index (χ0v) is 10.5. The first-order valence-electron chi connectivity index (χ1n) is 5.88. The van der Waals surface area contributed by atoms with E-state index in [0.29, 0.717) is 0 Å². The first-order valence-corrected chi connectivity index (χ1v) is 5.88. The number of carbonyl (C=O) groups excluding carboxylic acids is 1. The van der Waals surface area contributed by atoms with Gasteiger partial charge in [-0.1, -0.05) is 56.3 Å². The minimum Gasteiger partial charge on any atom is -0.469 e. The SMILES string of the molecule is COC(=O)[C@H]1[C@H](C=Cc2ccccc2)C1(C)C. The van der Waals surface area contributed by atoms with Crippen LogP contribution in [0.5, 0.6) is 0 Å². The van der Waals surface area contributed by atoms with Crippen LogP contribution in [0.15, 0.2) is 36.4 Å². The van der Waals surface area contributed by atoms with Gasteiger partial charge in [-0.2, -0.15) is 0 Å². The number of methoxy groups -OCH3 is 1. The third-order valence-corrected chi connectivity index (χ3v) is 3.66. The number of carbonyl (C=O) groups is 1. The quantitative estimate of drug-likeness (QED) is 0.746. The van der Waals surface area contributed by atoms with E-state index < -0.39 is 0 Å². The molecule has 2 rings (SSSR count). The highest BCUT2D eigenvalue weighted by atomic mass is 16.5. The Morgan fingerprint density at radius 2 is 1.94 bits per heavy atom. The predicted molar refractivity (Wildman–Crippen MR) is 68.3 cm³/mol. The molecule has 2 nitrogen and oxygen atoms in total. The molecule has 0 radical (unpaired) electrons. The van der Waals surface area contributed by atoms with Crippen molar-refractivity contribution in [3.8, 4) is 0 Å². The summed E-state index contributed by atoms with van der Waals surface area (Å²) in [6, 6.07) is 10.1. The number of ether oxygens (including phenoxy) is 1. The molecule has 2 heteroatoms. The van der Waals surface area contributed by atoms with Crippen LogP contribution in [0.1, 0.15) is 19.4 Å². The summed E-state index contributed by atoms with van der Waals surface area (Å²) in [5.74, 6) is 0.195. The Labute approximate surface area is 102 Å². The second-order valence-corrected chi connectivity index (χ2v) is 5.12. The van der Waals surface area contributed by atoms with Crippen molar-refractivity contribution in [2.45, 2.75) is 13.8 Å². The van der Waals surface area contributed by atoms with Gasteiger partial charge >= 0.3 is 5.97 Å². The van der Waals surface area contributed by atoms with Crippen LogP contribution in [-0.4, -0.2) is 13.1 Å². The fraction of sp³-hybridized carbons (Fsp3) is 0.400. The van der Waals surface area contributed by atoms with Crippen LogP contribution in [0.2, 0.25) is 0 Å². The molecule has 1 aromatic carbocycles. The van der Waals surface area contributed by atoms with Crippen LogP contribution in [0.25, 0.3) is 6.08 Å². The average Bonchev–Trinajstić information content (AvgIpc) is 2.89. The van der Waals surface area contributed by atoms with E-state index in [1.807, 2.05) is 18.2 Å². The molecule has 90 valence electrons. The van der Waals surface area contributed by atoms with Crippen molar-refractivity contribution in [2.24, 2.45) is 17.3 Å². The monoisotopic (exact) mass is 230 g/mol. The first kappa shape index (κ1) is 11.9. The number of allylic oxidation sites excluding steroid dienone is 1. The predicted octanol–water partition coefficient (Wildman–Crippen LogP) is 3.15. The van der Waals surface area contributed by atoms with E-state index in [-0.39, 0.29) is 23.2 Å². The molecule has 0 unspecified atom stereocenters. The first-order chi connectivity index (χ1) is 8.07. The molecule has 0 aliphatic heterocycles. The highest BCUT2D eigenvalue weighted by molar-refractivity contribution is 5.78. The normalized spacial score (nSPS) is 25.8. The Kier molecular flexibility index (Phi) is 3.05. The summed E-state index contributed by atoms with van der Waals surface area (Å²) >= 11 is 0. The Balaban J connectivity index is 2.06. The summed E-state index contributed by atoms with van der Waals surface area (Å²) in [6.45, 7) is 4.21. The van der Waals surface area contributed by atoms with Gasteiger partial charge in [0.1, 0.15) is 0 Å². The largest absolute Gasteiger partial charge is 0.469 e. The molecule has 2 atom stereocenters. The fourth-order valence-electron chi connectivity index (χ4n) is 2.39. The molecule has 1 aliphatic carbocycles. The van der Waals surface area contributed by atoms with E-state index in [1.165, 1.54) is 12.7 Å². The number of benzene rings is 1. The molecule has 0 amide bonds. The summed E-state index contributed by atoms with van der Waals surface area (Å²) in [4.78, 5) is 11.6. The Hall–Kier alpha value is -1.57. The van der Waals surface area contributed by atoms with E-state index in [0.717, 1.165) is 0 Å². The maximum Gasteiger partial charge on any atom is 0.309 e. The standard InChI is InChI=1S/C15H18O2/c1-15(2)12(13(15)14(16)17-3)10-9-11-7-5-4-6-8-11/h4-10,12-13H,1-3H3/t12-,13+/m0/s1. The summed E-state index contributed by atoms with van der Waals surface area (Å²) in [6.07, 6.45) is 4.20.